The van der Waals surface area contributed by atoms with Crippen LogP contribution in [0.1, 0.15) is 26.6 Å². The van der Waals surface area contributed by atoms with Gasteiger partial charge in [0, 0.05) is 38.9 Å². The highest BCUT2D eigenvalue weighted by molar-refractivity contribution is 6.33. The molecule has 0 radical (unpaired) electrons. The molecule has 0 atom stereocenters. The predicted molar refractivity (Wildman–Crippen MR) is 126 cm³/mol. The Balaban J connectivity index is 1.90. The number of benzene rings is 1. The zero-order valence-corrected chi connectivity index (χ0v) is 19.8. The minimum Gasteiger partial charge on any atom is -0.377 e. The van der Waals surface area contributed by atoms with E-state index in [1.807, 2.05) is 31.2 Å². The molecular formula is C23H31ClN6O. The molecule has 0 bridgehead atoms. The van der Waals surface area contributed by atoms with Crippen LogP contribution in [0, 0.1) is 6.92 Å². The van der Waals surface area contributed by atoms with E-state index in [1.165, 1.54) is 0 Å². The molecule has 0 spiro atoms. The van der Waals surface area contributed by atoms with E-state index in [9.17, 15) is 0 Å². The number of likely N-dealkylation sites (N-methyl/N-ethyl adjacent to an activating group) is 1. The molecule has 0 aliphatic carbocycles. The molecule has 1 fully saturated rings. The molecule has 31 heavy (non-hydrogen) atoms. The molecule has 1 saturated heterocycles. The molecule has 166 valence electrons. The average molecular weight is 443 g/mol. The number of anilines is 1. The maximum atomic E-state index is 6.58. The number of hydrogen-bond acceptors (Lipinski definition) is 6. The lowest BCUT2D eigenvalue weighted by Gasteiger charge is -2.34. The summed E-state index contributed by atoms with van der Waals surface area (Å²) >= 11 is 6.58. The lowest BCUT2D eigenvalue weighted by molar-refractivity contribution is 0.00924. The van der Waals surface area contributed by atoms with Crippen molar-refractivity contribution in [3.8, 4) is 11.4 Å². The second-order valence-electron chi connectivity index (χ2n) is 8.65. The van der Waals surface area contributed by atoms with E-state index < -0.39 is 5.60 Å². The Labute approximate surface area is 189 Å². The maximum absolute atomic E-state index is 6.58. The summed E-state index contributed by atoms with van der Waals surface area (Å²) in [7, 11) is 1.73. The summed E-state index contributed by atoms with van der Waals surface area (Å²) in [5, 5.41) is 0.664. The number of halogens is 1. The summed E-state index contributed by atoms with van der Waals surface area (Å²) in [5.41, 5.74) is 2.13. The number of nitrogens with zero attached hydrogens (tertiary/aromatic N) is 6. The van der Waals surface area contributed by atoms with Gasteiger partial charge in [-0.25, -0.2) is 15.0 Å². The van der Waals surface area contributed by atoms with Crippen molar-refractivity contribution in [2.24, 2.45) is 0 Å². The highest BCUT2D eigenvalue weighted by Crippen LogP contribution is 2.34. The van der Waals surface area contributed by atoms with E-state index in [0.717, 1.165) is 66.9 Å². The third kappa shape index (κ3) is 4.40. The van der Waals surface area contributed by atoms with E-state index in [4.69, 9.17) is 31.3 Å². The number of aryl methyl sites for hydroxylation is 1. The number of imidazole rings is 1. The van der Waals surface area contributed by atoms with Crippen molar-refractivity contribution in [2.75, 3.05) is 44.7 Å². The first kappa shape index (κ1) is 22.0. The summed E-state index contributed by atoms with van der Waals surface area (Å²) in [6.45, 7) is 13.9. The maximum Gasteiger partial charge on any atom is 0.166 e. The van der Waals surface area contributed by atoms with Gasteiger partial charge in [0.05, 0.1) is 17.2 Å². The van der Waals surface area contributed by atoms with Gasteiger partial charge in [-0.05, 0) is 39.4 Å². The number of ether oxygens (including phenoxy) is 1. The van der Waals surface area contributed by atoms with Crippen LogP contribution in [0.4, 0.5) is 5.82 Å². The van der Waals surface area contributed by atoms with Gasteiger partial charge in [-0.15, -0.1) is 0 Å². The molecule has 4 rings (SSSR count). The lowest BCUT2D eigenvalue weighted by Crippen LogP contribution is -2.46. The fourth-order valence-electron chi connectivity index (χ4n) is 4.03. The van der Waals surface area contributed by atoms with E-state index in [-0.39, 0.29) is 0 Å². The van der Waals surface area contributed by atoms with Crippen molar-refractivity contribution in [2.45, 2.75) is 39.8 Å². The molecule has 0 N–H and O–H groups in total. The summed E-state index contributed by atoms with van der Waals surface area (Å²) in [6, 6.07) is 7.80. The van der Waals surface area contributed by atoms with Crippen LogP contribution in [0.25, 0.3) is 22.6 Å². The van der Waals surface area contributed by atoms with Gasteiger partial charge in [-0.2, -0.15) is 0 Å². The highest BCUT2D eigenvalue weighted by Gasteiger charge is 2.27. The van der Waals surface area contributed by atoms with E-state index in [1.54, 1.807) is 7.11 Å². The number of piperazine rings is 1. The molecule has 2 aromatic heterocycles. The molecule has 1 aromatic carbocycles. The SMILES string of the molecule is CCN1CCN(c2nc(C)nc3c2nc(-c2ccccc2Cl)n3CC(C)(C)OC)CC1. The Kier molecular flexibility index (Phi) is 6.19. The van der Waals surface area contributed by atoms with E-state index >= 15 is 0 Å². The lowest BCUT2D eigenvalue weighted by atomic mass is 10.1. The van der Waals surface area contributed by atoms with Crippen LogP contribution in [-0.4, -0.2) is 69.9 Å². The molecule has 7 nitrogen and oxygen atoms in total. The van der Waals surface area contributed by atoms with Gasteiger partial charge in [-0.3, -0.25) is 0 Å². The van der Waals surface area contributed by atoms with Gasteiger partial charge in [0.25, 0.3) is 0 Å². The summed E-state index contributed by atoms with van der Waals surface area (Å²) in [6.07, 6.45) is 0. The second kappa shape index (κ2) is 8.73. The van der Waals surface area contributed by atoms with Crippen LogP contribution in [0.5, 0.6) is 0 Å². The Hall–Kier alpha value is -2.22. The fourth-order valence-corrected chi connectivity index (χ4v) is 4.25. The van der Waals surface area contributed by atoms with Crippen LogP contribution in [0.3, 0.4) is 0 Å². The molecule has 0 saturated carbocycles. The predicted octanol–water partition coefficient (Wildman–Crippen LogP) is 4.02. The number of hydrogen-bond donors (Lipinski definition) is 0. The molecule has 3 heterocycles. The molecule has 1 aliphatic rings. The number of methoxy groups -OCH3 is 1. The fraction of sp³-hybridized carbons (Fsp3) is 0.522. The standard InChI is InChI=1S/C23H31ClN6O/c1-6-28-11-13-29(14-12-28)21-19-22(26-16(2)25-21)30(15-23(3,4)31-5)20(27-19)17-9-7-8-10-18(17)24/h7-10H,6,11-15H2,1-5H3. The normalized spacial score (nSPS) is 15.7. The molecule has 3 aromatic rings. The number of fused-ring (bicyclic) bond motifs is 1. The molecular weight excluding hydrogens is 412 g/mol. The topological polar surface area (TPSA) is 59.3 Å². The Morgan fingerprint density at radius 3 is 2.42 bits per heavy atom. The molecule has 0 unspecified atom stereocenters. The van der Waals surface area contributed by atoms with Crippen LogP contribution >= 0.6 is 11.6 Å². The summed E-state index contributed by atoms with van der Waals surface area (Å²) in [5.74, 6) is 2.43. The summed E-state index contributed by atoms with van der Waals surface area (Å²) in [4.78, 5) is 19.5. The third-order valence-electron chi connectivity index (χ3n) is 6.01. The van der Waals surface area contributed by atoms with Gasteiger partial charge >= 0.3 is 0 Å². The zero-order chi connectivity index (χ0) is 22.2. The van der Waals surface area contributed by atoms with Gasteiger partial charge in [-0.1, -0.05) is 30.7 Å². The molecule has 1 aliphatic heterocycles. The van der Waals surface area contributed by atoms with E-state index in [0.29, 0.717) is 11.6 Å². The average Bonchev–Trinajstić information content (AvgIpc) is 3.11. The van der Waals surface area contributed by atoms with Crippen molar-refractivity contribution in [1.29, 1.82) is 0 Å². The second-order valence-corrected chi connectivity index (χ2v) is 9.06. The first-order chi connectivity index (χ1) is 14.8. The minimum absolute atomic E-state index is 0.393. The van der Waals surface area contributed by atoms with E-state index in [2.05, 4.69) is 35.1 Å². The highest BCUT2D eigenvalue weighted by atomic mass is 35.5. The zero-order valence-electron chi connectivity index (χ0n) is 19.0. The Morgan fingerprint density at radius 2 is 1.77 bits per heavy atom. The van der Waals surface area contributed by atoms with Crippen LogP contribution in [0.2, 0.25) is 5.02 Å². The Bertz CT molecular complexity index is 1070. The minimum atomic E-state index is -0.393. The Morgan fingerprint density at radius 1 is 1.06 bits per heavy atom. The number of aromatic nitrogens is 4. The van der Waals surface area contributed by atoms with Gasteiger partial charge < -0.3 is 19.1 Å². The van der Waals surface area contributed by atoms with Gasteiger partial charge in [0.1, 0.15) is 11.6 Å². The van der Waals surface area contributed by atoms with Crippen molar-refractivity contribution >= 4 is 28.6 Å². The monoisotopic (exact) mass is 442 g/mol. The van der Waals surface area contributed by atoms with Gasteiger partial charge in [0.15, 0.2) is 17.0 Å². The van der Waals surface area contributed by atoms with Crippen LogP contribution < -0.4 is 4.90 Å². The molecule has 8 heteroatoms. The van der Waals surface area contributed by atoms with Crippen molar-refractivity contribution in [3.05, 3.63) is 35.1 Å². The number of rotatable bonds is 6. The molecule has 0 amide bonds. The van der Waals surface area contributed by atoms with Crippen LogP contribution in [-0.2, 0) is 11.3 Å². The van der Waals surface area contributed by atoms with Gasteiger partial charge in [0.2, 0.25) is 0 Å². The quantitative estimate of drug-likeness (QED) is 0.574. The van der Waals surface area contributed by atoms with Crippen molar-refractivity contribution < 1.29 is 4.74 Å². The summed E-state index contributed by atoms with van der Waals surface area (Å²) < 4.78 is 7.87. The smallest absolute Gasteiger partial charge is 0.166 e. The van der Waals surface area contributed by atoms with Crippen molar-refractivity contribution in [1.82, 2.24) is 24.4 Å². The first-order valence-corrected chi connectivity index (χ1v) is 11.2. The third-order valence-corrected chi connectivity index (χ3v) is 6.34. The van der Waals surface area contributed by atoms with Crippen molar-refractivity contribution in [3.63, 3.8) is 0 Å². The van der Waals surface area contributed by atoms with Crippen LogP contribution in [0.15, 0.2) is 24.3 Å². The largest absolute Gasteiger partial charge is 0.377 e. The first-order valence-electron chi connectivity index (χ1n) is 10.8.